The predicted molar refractivity (Wildman–Crippen MR) is 104 cm³/mol. The lowest BCUT2D eigenvalue weighted by Gasteiger charge is -2.30. The van der Waals surface area contributed by atoms with Crippen molar-refractivity contribution in [1.82, 2.24) is 10.6 Å². The maximum absolute atomic E-state index is 6.14. The first-order valence-corrected chi connectivity index (χ1v) is 8.76. The number of aliphatic imine (C=N–C) groups is 1. The molecule has 1 aliphatic rings. The molecule has 0 aliphatic carbocycles. The van der Waals surface area contributed by atoms with Gasteiger partial charge in [0, 0.05) is 31.6 Å². The molecule has 26 heavy (non-hydrogen) atoms. The van der Waals surface area contributed by atoms with E-state index in [0.717, 1.165) is 36.6 Å². The lowest BCUT2D eigenvalue weighted by molar-refractivity contribution is 0.323. The largest absolute Gasteiger partial charge is 0.497 e. The highest BCUT2D eigenvalue weighted by Gasteiger charge is 2.34. The van der Waals surface area contributed by atoms with E-state index in [1.54, 1.807) is 14.2 Å². The number of benzene rings is 2. The quantitative estimate of drug-likeness (QED) is 0.522. The topological polar surface area (TPSA) is 80.9 Å². The summed E-state index contributed by atoms with van der Waals surface area (Å²) in [5.74, 6) is 2.19. The molecule has 0 aromatic heterocycles. The minimum atomic E-state index is -0.282. The molecule has 0 radical (unpaired) electrons. The van der Waals surface area contributed by atoms with Gasteiger partial charge in [-0.25, -0.2) is 0 Å². The monoisotopic (exact) mass is 354 g/mol. The van der Waals surface area contributed by atoms with Crippen LogP contribution in [0.25, 0.3) is 0 Å². The van der Waals surface area contributed by atoms with Crippen LogP contribution in [-0.2, 0) is 5.66 Å². The van der Waals surface area contributed by atoms with Gasteiger partial charge < -0.3 is 15.2 Å². The Bertz CT molecular complexity index is 735. The summed E-state index contributed by atoms with van der Waals surface area (Å²) < 4.78 is 10.4. The van der Waals surface area contributed by atoms with Crippen LogP contribution in [0.2, 0.25) is 0 Å². The van der Waals surface area contributed by atoms with Crippen LogP contribution in [0.5, 0.6) is 11.5 Å². The van der Waals surface area contributed by atoms with E-state index in [4.69, 9.17) is 15.2 Å². The normalized spacial score (nSPS) is 16.5. The van der Waals surface area contributed by atoms with Crippen LogP contribution in [-0.4, -0.2) is 39.7 Å². The number of rotatable bonds is 7. The fraction of sp³-hybridized carbons (Fsp3) is 0.350. The maximum Gasteiger partial charge on any atom is 0.125 e. The van der Waals surface area contributed by atoms with E-state index in [-0.39, 0.29) is 5.66 Å². The second kappa shape index (κ2) is 8.21. The van der Waals surface area contributed by atoms with Crippen molar-refractivity contribution in [2.75, 3.05) is 33.9 Å². The molecule has 2 aromatic carbocycles. The van der Waals surface area contributed by atoms with Gasteiger partial charge in [0.2, 0.25) is 0 Å². The summed E-state index contributed by atoms with van der Waals surface area (Å²) >= 11 is 0. The van der Waals surface area contributed by atoms with E-state index in [0.29, 0.717) is 12.4 Å². The zero-order valence-corrected chi connectivity index (χ0v) is 15.3. The van der Waals surface area contributed by atoms with Gasteiger partial charge in [-0.3, -0.25) is 15.6 Å². The average Bonchev–Trinajstić information content (AvgIpc) is 3.18. The van der Waals surface area contributed by atoms with Crippen molar-refractivity contribution in [1.29, 1.82) is 0 Å². The van der Waals surface area contributed by atoms with Crippen LogP contribution in [0.1, 0.15) is 17.5 Å². The standard InChI is InChI=1S/C20H26N4O2/c1-25-17-7-3-15(4-8-17)19(21)22-12-11-20(23-13-14-24-20)16-5-9-18(26-2)10-6-16/h3-10,23-24H,11-14H2,1-2H3,(H2,21,22). The Kier molecular flexibility index (Phi) is 5.75. The van der Waals surface area contributed by atoms with Crippen LogP contribution >= 0.6 is 0 Å². The number of methoxy groups -OCH3 is 2. The molecule has 0 saturated carbocycles. The molecule has 0 amide bonds. The summed E-state index contributed by atoms with van der Waals surface area (Å²) in [5.41, 5.74) is 7.94. The van der Waals surface area contributed by atoms with Crippen LogP contribution in [0, 0.1) is 0 Å². The van der Waals surface area contributed by atoms with Gasteiger partial charge in [0.25, 0.3) is 0 Å². The fourth-order valence-electron chi connectivity index (χ4n) is 3.21. The maximum atomic E-state index is 6.14. The van der Waals surface area contributed by atoms with Crippen molar-refractivity contribution in [3.05, 3.63) is 59.7 Å². The molecule has 0 spiro atoms. The molecule has 0 atom stereocenters. The second-order valence-electron chi connectivity index (χ2n) is 6.23. The van der Waals surface area contributed by atoms with Crippen molar-refractivity contribution >= 4 is 5.84 Å². The molecule has 1 fully saturated rings. The van der Waals surface area contributed by atoms with E-state index in [2.05, 4.69) is 27.8 Å². The first-order valence-electron chi connectivity index (χ1n) is 8.76. The Hall–Kier alpha value is -2.57. The first kappa shape index (κ1) is 18.2. The molecule has 1 saturated heterocycles. The average molecular weight is 354 g/mol. The molecule has 2 aromatic rings. The van der Waals surface area contributed by atoms with Gasteiger partial charge in [-0.15, -0.1) is 0 Å². The molecular formula is C20H26N4O2. The number of amidine groups is 1. The number of ether oxygens (including phenoxy) is 2. The first-order chi connectivity index (χ1) is 12.7. The van der Waals surface area contributed by atoms with Crippen molar-refractivity contribution in [3.8, 4) is 11.5 Å². The number of hydrogen-bond donors (Lipinski definition) is 3. The molecule has 4 N–H and O–H groups in total. The zero-order chi connectivity index (χ0) is 18.4. The SMILES string of the molecule is COc1ccc(C(N)=NCCC2(c3ccc(OC)cc3)NCCN2)cc1. The fourth-order valence-corrected chi connectivity index (χ4v) is 3.21. The van der Waals surface area contributed by atoms with Crippen LogP contribution in [0.3, 0.4) is 0 Å². The van der Waals surface area contributed by atoms with Gasteiger partial charge in [0.1, 0.15) is 17.3 Å². The molecule has 6 nitrogen and oxygen atoms in total. The number of nitrogens with two attached hydrogens (primary N) is 1. The van der Waals surface area contributed by atoms with Gasteiger partial charge in [-0.05, 0) is 42.0 Å². The van der Waals surface area contributed by atoms with Crippen LogP contribution < -0.4 is 25.8 Å². The molecule has 138 valence electrons. The minimum absolute atomic E-state index is 0.282. The van der Waals surface area contributed by atoms with Crippen LogP contribution in [0.15, 0.2) is 53.5 Å². The van der Waals surface area contributed by atoms with Crippen LogP contribution in [0.4, 0.5) is 0 Å². The highest BCUT2D eigenvalue weighted by Crippen LogP contribution is 2.26. The van der Waals surface area contributed by atoms with E-state index in [9.17, 15) is 0 Å². The van der Waals surface area contributed by atoms with Gasteiger partial charge in [0.15, 0.2) is 0 Å². The highest BCUT2D eigenvalue weighted by atomic mass is 16.5. The molecular weight excluding hydrogens is 328 g/mol. The van der Waals surface area contributed by atoms with Gasteiger partial charge >= 0.3 is 0 Å². The third-order valence-corrected chi connectivity index (χ3v) is 4.72. The van der Waals surface area contributed by atoms with E-state index in [1.165, 1.54) is 5.56 Å². The van der Waals surface area contributed by atoms with Gasteiger partial charge in [-0.1, -0.05) is 12.1 Å². The molecule has 6 heteroatoms. The van der Waals surface area contributed by atoms with E-state index < -0.39 is 0 Å². The Labute approximate surface area is 154 Å². The van der Waals surface area contributed by atoms with Crippen molar-refractivity contribution in [2.45, 2.75) is 12.1 Å². The summed E-state index contributed by atoms with van der Waals surface area (Å²) in [6.45, 7) is 2.46. The molecule has 0 unspecified atom stereocenters. The smallest absolute Gasteiger partial charge is 0.125 e. The summed E-state index contributed by atoms with van der Waals surface area (Å²) in [7, 11) is 3.32. The van der Waals surface area contributed by atoms with Gasteiger partial charge in [0.05, 0.1) is 19.9 Å². The zero-order valence-electron chi connectivity index (χ0n) is 15.3. The summed E-state index contributed by atoms with van der Waals surface area (Å²) in [6, 6.07) is 15.7. The third kappa shape index (κ3) is 3.98. The predicted octanol–water partition coefficient (Wildman–Crippen LogP) is 1.84. The lowest BCUT2D eigenvalue weighted by Crippen LogP contribution is -2.46. The number of nitrogens with one attached hydrogen (secondary N) is 2. The second-order valence-corrected chi connectivity index (χ2v) is 6.23. The number of nitrogens with zero attached hydrogens (tertiary/aromatic N) is 1. The minimum Gasteiger partial charge on any atom is -0.497 e. The summed E-state index contributed by atoms with van der Waals surface area (Å²) in [5, 5.41) is 7.15. The van der Waals surface area contributed by atoms with E-state index >= 15 is 0 Å². The highest BCUT2D eigenvalue weighted by molar-refractivity contribution is 5.97. The molecule has 1 heterocycles. The Morgan fingerprint density at radius 2 is 1.50 bits per heavy atom. The number of hydrogen-bond acceptors (Lipinski definition) is 5. The van der Waals surface area contributed by atoms with E-state index in [1.807, 2.05) is 36.4 Å². The Morgan fingerprint density at radius 3 is 2.04 bits per heavy atom. The Morgan fingerprint density at radius 1 is 0.962 bits per heavy atom. The molecule has 1 aliphatic heterocycles. The van der Waals surface area contributed by atoms with Crippen molar-refractivity contribution < 1.29 is 9.47 Å². The molecule has 3 rings (SSSR count). The third-order valence-electron chi connectivity index (χ3n) is 4.72. The summed E-state index contributed by atoms with van der Waals surface area (Å²) in [6.07, 6.45) is 0.802. The lowest BCUT2D eigenvalue weighted by atomic mass is 9.96. The van der Waals surface area contributed by atoms with Crippen molar-refractivity contribution in [2.24, 2.45) is 10.7 Å². The van der Waals surface area contributed by atoms with Gasteiger partial charge in [-0.2, -0.15) is 0 Å². The molecule has 0 bridgehead atoms. The summed E-state index contributed by atoms with van der Waals surface area (Å²) in [4.78, 5) is 4.57. The van der Waals surface area contributed by atoms with Crippen molar-refractivity contribution in [3.63, 3.8) is 0 Å². The Balaban J connectivity index is 1.69.